The summed E-state index contributed by atoms with van der Waals surface area (Å²) in [5.74, 6) is 0.770. The zero-order valence-electron chi connectivity index (χ0n) is 8.61. The summed E-state index contributed by atoms with van der Waals surface area (Å²) in [6, 6.07) is 0. The van der Waals surface area contributed by atoms with Gasteiger partial charge in [-0.05, 0) is 19.3 Å². The summed E-state index contributed by atoms with van der Waals surface area (Å²) in [6.07, 6.45) is 3.91. The third kappa shape index (κ3) is 5.86. The second-order valence-corrected chi connectivity index (χ2v) is 3.85. The molecule has 0 radical (unpaired) electrons. The molecule has 1 rings (SSSR count). The van der Waals surface area contributed by atoms with Crippen LogP contribution < -0.4 is 0 Å². The van der Waals surface area contributed by atoms with E-state index in [1.54, 1.807) is 0 Å². The number of thiol groups is 1. The van der Waals surface area contributed by atoms with E-state index in [2.05, 4.69) is 12.6 Å². The van der Waals surface area contributed by atoms with E-state index < -0.39 is 0 Å². The van der Waals surface area contributed by atoms with Crippen LogP contribution in [0.25, 0.3) is 0 Å². The lowest BCUT2D eigenvalue weighted by Crippen LogP contribution is -2.25. The van der Waals surface area contributed by atoms with Crippen molar-refractivity contribution in [3.63, 3.8) is 0 Å². The number of rotatable bonds is 7. The fourth-order valence-corrected chi connectivity index (χ4v) is 1.57. The van der Waals surface area contributed by atoms with Gasteiger partial charge in [-0.2, -0.15) is 12.6 Å². The van der Waals surface area contributed by atoms with Crippen LogP contribution in [0.1, 0.15) is 19.3 Å². The molecule has 1 unspecified atom stereocenters. The van der Waals surface area contributed by atoms with E-state index in [4.69, 9.17) is 14.2 Å². The van der Waals surface area contributed by atoms with Gasteiger partial charge in [-0.3, -0.25) is 0 Å². The molecule has 1 aliphatic rings. The molecule has 4 heteroatoms. The van der Waals surface area contributed by atoms with Gasteiger partial charge in [-0.25, -0.2) is 0 Å². The molecular weight excluding hydrogens is 200 g/mol. The maximum absolute atomic E-state index is 5.53. The van der Waals surface area contributed by atoms with E-state index in [1.807, 2.05) is 0 Å². The summed E-state index contributed by atoms with van der Waals surface area (Å²) >= 11 is 4.04. The third-order valence-electron chi connectivity index (χ3n) is 2.19. The largest absolute Gasteiger partial charge is 0.378 e. The van der Waals surface area contributed by atoms with Gasteiger partial charge in [0.25, 0.3) is 0 Å². The Morgan fingerprint density at radius 1 is 1.14 bits per heavy atom. The van der Waals surface area contributed by atoms with Gasteiger partial charge in [0, 0.05) is 12.4 Å². The van der Waals surface area contributed by atoms with Crippen LogP contribution in [-0.2, 0) is 14.2 Å². The topological polar surface area (TPSA) is 27.7 Å². The molecule has 0 bridgehead atoms. The van der Waals surface area contributed by atoms with Crippen LogP contribution in [0.4, 0.5) is 0 Å². The van der Waals surface area contributed by atoms with Crippen LogP contribution in [-0.4, -0.2) is 44.9 Å². The molecular formula is C10H20O3S. The highest BCUT2D eigenvalue weighted by Crippen LogP contribution is 2.12. The Bertz CT molecular complexity index is 127. The van der Waals surface area contributed by atoms with Crippen molar-refractivity contribution in [2.45, 2.75) is 25.4 Å². The second kappa shape index (κ2) is 8.53. The van der Waals surface area contributed by atoms with Crippen molar-refractivity contribution < 1.29 is 14.2 Å². The highest BCUT2D eigenvalue weighted by atomic mass is 32.1. The molecule has 1 atom stereocenters. The Labute approximate surface area is 91.5 Å². The zero-order chi connectivity index (χ0) is 10.1. The number of ether oxygens (including phenoxy) is 3. The summed E-state index contributed by atoms with van der Waals surface area (Å²) < 4.78 is 16.2. The fourth-order valence-electron chi connectivity index (χ4n) is 1.44. The minimum Gasteiger partial charge on any atom is -0.378 e. The van der Waals surface area contributed by atoms with E-state index >= 15 is 0 Å². The normalized spacial score (nSPS) is 22.5. The Kier molecular flexibility index (Phi) is 7.50. The molecule has 0 spiro atoms. The molecule has 0 aromatic rings. The molecule has 1 saturated heterocycles. The van der Waals surface area contributed by atoms with E-state index in [0.717, 1.165) is 18.8 Å². The van der Waals surface area contributed by atoms with Gasteiger partial charge in [-0.15, -0.1) is 0 Å². The maximum atomic E-state index is 5.53. The van der Waals surface area contributed by atoms with Gasteiger partial charge in [-0.1, -0.05) is 0 Å². The van der Waals surface area contributed by atoms with Crippen molar-refractivity contribution in [3.05, 3.63) is 0 Å². The average molecular weight is 220 g/mol. The van der Waals surface area contributed by atoms with Gasteiger partial charge in [0.15, 0.2) is 0 Å². The van der Waals surface area contributed by atoms with E-state index in [0.29, 0.717) is 32.5 Å². The SMILES string of the molecule is SCCOCCOCC1CCCCO1. The number of hydrogen-bond acceptors (Lipinski definition) is 4. The molecule has 0 N–H and O–H groups in total. The van der Waals surface area contributed by atoms with Crippen LogP contribution in [0.3, 0.4) is 0 Å². The van der Waals surface area contributed by atoms with Gasteiger partial charge >= 0.3 is 0 Å². The van der Waals surface area contributed by atoms with Crippen molar-refractivity contribution in [2.75, 3.05) is 38.8 Å². The molecule has 0 aromatic heterocycles. The van der Waals surface area contributed by atoms with Crippen molar-refractivity contribution in [2.24, 2.45) is 0 Å². The van der Waals surface area contributed by atoms with Crippen molar-refractivity contribution in [1.82, 2.24) is 0 Å². The lowest BCUT2D eigenvalue weighted by atomic mass is 10.1. The van der Waals surface area contributed by atoms with E-state index in [1.165, 1.54) is 12.8 Å². The summed E-state index contributed by atoms with van der Waals surface area (Å²) in [6.45, 7) is 3.63. The third-order valence-corrected chi connectivity index (χ3v) is 2.37. The molecule has 1 aliphatic heterocycles. The van der Waals surface area contributed by atoms with Crippen LogP contribution in [0.15, 0.2) is 0 Å². The first-order valence-corrected chi connectivity index (χ1v) is 5.94. The molecule has 14 heavy (non-hydrogen) atoms. The standard InChI is InChI=1S/C10H20O3S/c14-8-7-11-5-6-12-9-10-3-1-2-4-13-10/h10,14H,1-9H2. The predicted octanol–water partition coefficient (Wildman–Crippen LogP) is 1.52. The molecule has 1 fully saturated rings. The quantitative estimate of drug-likeness (QED) is 0.521. The van der Waals surface area contributed by atoms with Crippen LogP contribution in [0.5, 0.6) is 0 Å². The predicted molar refractivity (Wildman–Crippen MR) is 59.1 cm³/mol. The zero-order valence-corrected chi connectivity index (χ0v) is 9.51. The van der Waals surface area contributed by atoms with E-state index in [-0.39, 0.29) is 0 Å². The Morgan fingerprint density at radius 3 is 2.71 bits per heavy atom. The summed E-state index contributed by atoms with van der Waals surface area (Å²) in [5.41, 5.74) is 0. The monoisotopic (exact) mass is 220 g/mol. The van der Waals surface area contributed by atoms with E-state index in [9.17, 15) is 0 Å². The lowest BCUT2D eigenvalue weighted by Gasteiger charge is -2.22. The van der Waals surface area contributed by atoms with Crippen molar-refractivity contribution >= 4 is 12.6 Å². The van der Waals surface area contributed by atoms with Crippen LogP contribution >= 0.6 is 12.6 Å². The first-order valence-electron chi connectivity index (χ1n) is 5.31. The van der Waals surface area contributed by atoms with Gasteiger partial charge in [0.2, 0.25) is 0 Å². The summed E-state index contributed by atoms with van der Waals surface area (Å²) in [7, 11) is 0. The number of hydrogen-bond donors (Lipinski definition) is 1. The average Bonchev–Trinajstić information content (AvgIpc) is 2.25. The molecule has 1 heterocycles. The van der Waals surface area contributed by atoms with Gasteiger partial charge in [0.05, 0.1) is 32.5 Å². The van der Waals surface area contributed by atoms with Gasteiger partial charge < -0.3 is 14.2 Å². The molecule has 0 saturated carbocycles. The molecule has 0 aliphatic carbocycles. The van der Waals surface area contributed by atoms with Gasteiger partial charge in [0.1, 0.15) is 0 Å². The highest BCUT2D eigenvalue weighted by molar-refractivity contribution is 7.80. The van der Waals surface area contributed by atoms with Crippen LogP contribution in [0, 0.1) is 0 Å². The molecule has 3 nitrogen and oxygen atoms in total. The summed E-state index contributed by atoms with van der Waals surface area (Å²) in [5, 5.41) is 0. The molecule has 0 amide bonds. The molecule has 84 valence electrons. The first-order chi connectivity index (χ1) is 6.93. The van der Waals surface area contributed by atoms with Crippen molar-refractivity contribution in [3.8, 4) is 0 Å². The summed E-state index contributed by atoms with van der Waals surface area (Å²) in [4.78, 5) is 0. The highest BCUT2D eigenvalue weighted by Gasteiger charge is 2.13. The minimum absolute atomic E-state index is 0.314. The van der Waals surface area contributed by atoms with Crippen molar-refractivity contribution in [1.29, 1.82) is 0 Å². The maximum Gasteiger partial charge on any atom is 0.0808 e. The second-order valence-electron chi connectivity index (χ2n) is 3.40. The minimum atomic E-state index is 0.314. The first kappa shape index (κ1) is 12.3. The smallest absolute Gasteiger partial charge is 0.0808 e. The Balaban J connectivity index is 1.82. The lowest BCUT2D eigenvalue weighted by molar-refractivity contribution is -0.0499. The Hall–Kier alpha value is 0.230. The fraction of sp³-hybridized carbons (Fsp3) is 1.00. The van der Waals surface area contributed by atoms with Crippen LogP contribution in [0.2, 0.25) is 0 Å². The Morgan fingerprint density at radius 2 is 2.00 bits per heavy atom. The molecule has 0 aromatic carbocycles.